The lowest BCUT2D eigenvalue weighted by atomic mass is 10.2. The fourth-order valence-corrected chi connectivity index (χ4v) is 3.42. The number of nitrogens with zero attached hydrogens (tertiary/aromatic N) is 3. The third-order valence-corrected chi connectivity index (χ3v) is 5.19. The summed E-state index contributed by atoms with van der Waals surface area (Å²) >= 11 is 3.10. The topological polar surface area (TPSA) is 51.8 Å². The summed E-state index contributed by atoms with van der Waals surface area (Å²) < 4.78 is 5.12. The summed E-state index contributed by atoms with van der Waals surface area (Å²) in [6.07, 6.45) is 6.74. The molecule has 0 fully saturated rings. The van der Waals surface area contributed by atoms with Crippen LogP contribution in [0.1, 0.15) is 11.1 Å². The van der Waals surface area contributed by atoms with Gasteiger partial charge in [-0.1, -0.05) is 35.4 Å². The highest BCUT2D eigenvalue weighted by atomic mass is 32.2. The van der Waals surface area contributed by atoms with Crippen molar-refractivity contribution in [2.45, 2.75) is 34.0 Å². The van der Waals surface area contributed by atoms with Crippen LogP contribution in [0.5, 0.6) is 0 Å². The average Bonchev–Trinajstić information content (AvgIpc) is 3.20. The zero-order chi connectivity index (χ0) is 18.9. The van der Waals surface area contributed by atoms with E-state index in [9.17, 15) is 0 Å². The molecule has 2 aromatic heterocycles. The zero-order valence-electron chi connectivity index (χ0n) is 15.1. The molecule has 0 aliphatic heterocycles. The molecule has 2 aromatic carbocycles. The molecule has 0 saturated heterocycles. The van der Waals surface area contributed by atoms with Crippen LogP contribution in [0.3, 0.4) is 0 Å². The minimum atomic E-state index is 0.684. The molecule has 0 saturated carbocycles. The Labute approximate surface area is 167 Å². The number of aryl methyl sites for hydroxylation is 2. The lowest BCUT2D eigenvalue weighted by molar-refractivity contribution is 0.454. The van der Waals surface area contributed by atoms with E-state index in [1.807, 2.05) is 6.07 Å². The van der Waals surface area contributed by atoms with Crippen LogP contribution in [-0.4, -0.2) is 15.0 Å². The summed E-state index contributed by atoms with van der Waals surface area (Å²) in [5.41, 5.74) is 2.53. The Kier molecular flexibility index (Phi) is 7.07. The van der Waals surface area contributed by atoms with E-state index in [1.54, 1.807) is 36.6 Å². The first-order valence-corrected chi connectivity index (χ1v) is 9.98. The fourth-order valence-electron chi connectivity index (χ4n) is 2.02. The Hall–Kier alpha value is -2.57. The Morgan fingerprint density at radius 2 is 1.22 bits per heavy atom. The van der Waals surface area contributed by atoms with E-state index in [4.69, 9.17) is 4.42 Å². The Morgan fingerprint density at radius 3 is 1.74 bits per heavy atom. The van der Waals surface area contributed by atoms with E-state index in [0.29, 0.717) is 5.22 Å². The number of benzene rings is 2. The molecule has 0 N–H and O–H groups in total. The van der Waals surface area contributed by atoms with Gasteiger partial charge in [0.25, 0.3) is 5.22 Å². The summed E-state index contributed by atoms with van der Waals surface area (Å²) in [5, 5.41) is 1.47. The molecule has 0 aliphatic carbocycles. The van der Waals surface area contributed by atoms with Crippen molar-refractivity contribution < 1.29 is 4.42 Å². The molecular weight excluding hydrogens is 374 g/mol. The SMILES string of the molecule is Cc1ccc(Sc2ncccn2)cc1.Cc1ccc(Sc2ncco2)cc1. The summed E-state index contributed by atoms with van der Waals surface area (Å²) in [7, 11) is 0. The standard InChI is InChI=1S/C11H10N2S.C10H9NOS/c1-9-3-5-10(6-4-9)14-11-12-7-2-8-13-11;1-8-2-4-9(5-3-8)13-10-11-6-7-12-10/h2-8H,1H3;2-7H,1H3. The molecule has 0 spiro atoms. The van der Waals surface area contributed by atoms with E-state index < -0.39 is 0 Å². The van der Waals surface area contributed by atoms with Gasteiger partial charge in [-0.05, 0) is 67.7 Å². The van der Waals surface area contributed by atoms with Gasteiger partial charge in [0.05, 0.1) is 6.20 Å². The van der Waals surface area contributed by atoms with Crippen LogP contribution in [0, 0.1) is 13.8 Å². The van der Waals surface area contributed by atoms with E-state index in [-0.39, 0.29) is 0 Å². The zero-order valence-corrected chi connectivity index (χ0v) is 16.7. The molecule has 6 heteroatoms. The van der Waals surface area contributed by atoms with E-state index in [1.165, 1.54) is 27.8 Å². The minimum Gasteiger partial charge on any atom is -0.440 e. The molecule has 2 heterocycles. The normalized spacial score (nSPS) is 10.1. The Morgan fingerprint density at radius 1 is 0.667 bits per heavy atom. The van der Waals surface area contributed by atoms with Crippen molar-refractivity contribution in [1.82, 2.24) is 15.0 Å². The fraction of sp³-hybridized carbons (Fsp3) is 0.0952. The average molecular weight is 394 g/mol. The largest absolute Gasteiger partial charge is 0.440 e. The van der Waals surface area contributed by atoms with Crippen LogP contribution in [0.15, 0.2) is 104 Å². The maximum atomic E-state index is 5.12. The molecular formula is C21H19N3OS2. The smallest absolute Gasteiger partial charge is 0.260 e. The van der Waals surface area contributed by atoms with Gasteiger partial charge in [-0.15, -0.1) is 0 Å². The Balaban J connectivity index is 0.000000156. The highest BCUT2D eigenvalue weighted by Crippen LogP contribution is 2.26. The number of hydrogen-bond donors (Lipinski definition) is 0. The van der Waals surface area contributed by atoms with Crippen molar-refractivity contribution in [1.29, 1.82) is 0 Å². The molecule has 0 radical (unpaired) electrons. The molecule has 4 aromatic rings. The van der Waals surface area contributed by atoms with Crippen LogP contribution in [-0.2, 0) is 0 Å². The van der Waals surface area contributed by atoms with Crippen molar-refractivity contribution >= 4 is 23.5 Å². The summed E-state index contributed by atoms with van der Waals surface area (Å²) in [4.78, 5) is 14.6. The van der Waals surface area contributed by atoms with Gasteiger partial charge in [0.15, 0.2) is 5.16 Å². The van der Waals surface area contributed by atoms with Gasteiger partial charge in [0.1, 0.15) is 6.26 Å². The number of rotatable bonds is 4. The van der Waals surface area contributed by atoms with Gasteiger partial charge in [-0.2, -0.15) is 0 Å². The molecule has 4 rings (SSSR count). The maximum absolute atomic E-state index is 5.12. The third-order valence-electron chi connectivity index (χ3n) is 3.41. The van der Waals surface area contributed by atoms with Crippen LogP contribution >= 0.6 is 23.5 Å². The quantitative estimate of drug-likeness (QED) is 0.392. The first kappa shape index (κ1) is 19.2. The number of hydrogen-bond acceptors (Lipinski definition) is 6. The first-order chi connectivity index (χ1) is 13.2. The summed E-state index contributed by atoms with van der Waals surface area (Å²) in [5.74, 6) is 0. The van der Waals surface area contributed by atoms with E-state index >= 15 is 0 Å². The Bertz CT molecular complexity index is 926. The van der Waals surface area contributed by atoms with Gasteiger partial charge in [0, 0.05) is 22.2 Å². The van der Waals surface area contributed by atoms with Gasteiger partial charge in [-0.3, -0.25) is 0 Å². The predicted molar refractivity (Wildman–Crippen MR) is 109 cm³/mol. The van der Waals surface area contributed by atoms with Gasteiger partial charge >= 0.3 is 0 Å². The van der Waals surface area contributed by atoms with Crippen LogP contribution < -0.4 is 0 Å². The van der Waals surface area contributed by atoms with Crippen LogP contribution in [0.4, 0.5) is 0 Å². The number of aromatic nitrogens is 3. The third kappa shape index (κ3) is 6.58. The first-order valence-electron chi connectivity index (χ1n) is 8.34. The van der Waals surface area contributed by atoms with Crippen molar-refractivity contribution in [3.8, 4) is 0 Å². The molecule has 0 amide bonds. The lowest BCUT2D eigenvalue weighted by Gasteiger charge is -1.99. The van der Waals surface area contributed by atoms with Crippen molar-refractivity contribution in [2.75, 3.05) is 0 Å². The molecule has 0 atom stereocenters. The predicted octanol–water partition coefficient (Wildman–Crippen LogP) is 6.07. The second kappa shape index (κ2) is 9.94. The number of oxazole rings is 1. The van der Waals surface area contributed by atoms with Gasteiger partial charge < -0.3 is 4.42 Å². The summed E-state index contributed by atoms with van der Waals surface area (Å²) in [6, 6.07) is 18.4. The van der Waals surface area contributed by atoms with E-state index in [0.717, 1.165) is 10.1 Å². The van der Waals surface area contributed by atoms with Crippen LogP contribution in [0.25, 0.3) is 0 Å². The molecule has 0 aliphatic rings. The molecule has 0 unspecified atom stereocenters. The van der Waals surface area contributed by atoms with Gasteiger partial charge in [0.2, 0.25) is 0 Å². The molecule has 0 bridgehead atoms. The second-order valence-corrected chi connectivity index (χ2v) is 7.73. The van der Waals surface area contributed by atoms with Gasteiger partial charge in [-0.25, -0.2) is 15.0 Å². The molecule has 136 valence electrons. The molecule has 4 nitrogen and oxygen atoms in total. The lowest BCUT2D eigenvalue weighted by Crippen LogP contribution is -1.82. The highest BCUT2D eigenvalue weighted by Gasteiger charge is 2.00. The molecule has 27 heavy (non-hydrogen) atoms. The van der Waals surface area contributed by atoms with E-state index in [2.05, 4.69) is 77.3 Å². The van der Waals surface area contributed by atoms with Crippen molar-refractivity contribution in [3.63, 3.8) is 0 Å². The maximum Gasteiger partial charge on any atom is 0.260 e. The van der Waals surface area contributed by atoms with Crippen molar-refractivity contribution in [2.24, 2.45) is 0 Å². The second-order valence-electron chi connectivity index (χ2n) is 5.66. The summed E-state index contributed by atoms with van der Waals surface area (Å²) in [6.45, 7) is 4.15. The van der Waals surface area contributed by atoms with Crippen LogP contribution in [0.2, 0.25) is 0 Å². The highest BCUT2D eigenvalue weighted by molar-refractivity contribution is 7.99. The van der Waals surface area contributed by atoms with Crippen molar-refractivity contribution in [3.05, 3.63) is 90.6 Å². The monoisotopic (exact) mass is 393 g/mol. The minimum absolute atomic E-state index is 0.684.